The Morgan fingerprint density at radius 2 is 2.08 bits per heavy atom. The van der Waals surface area contributed by atoms with Crippen molar-refractivity contribution in [3.63, 3.8) is 0 Å². The summed E-state index contributed by atoms with van der Waals surface area (Å²) >= 11 is 0. The van der Waals surface area contributed by atoms with E-state index in [1.165, 1.54) is 18.2 Å². The van der Waals surface area contributed by atoms with Crippen molar-refractivity contribution in [3.05, 3.63) is 23.8 Å². The highest BCUT2D eigenvalue weighted by Gasteiger charge is 2.09. The van der Waals surface area contributed by atoms with Gasteiger partial charge in [0.05, 0.1) is 5.56 Å². The van der Waals surface area contributed by atoms with Gasteiger partial charge in [-0.15, -0.1) is 0 Å². The molecule has 1 rings (SSSR count). The minimum Gasteiger partial charge on any atom is -0.508 e. The lowest BCUT2D eigenvalue weighted by atomic mass is 10.1. The van der Waals surface area contributed by atoms with E-state index in [4.69, 9.17) is 5.11 Å². The van der Waals surface area contributed by atoms with Gasteiger partial charge in [0, 0.05) is 12.5 Å². The number of carbonyl (C=O) groups excluding carboxylic acids is 1. The molecule has 3 heteroatoms. The third kappa shape index (κ3) is 2.21. The molecule has 13 heavy (non-hydrogen) atoms. The molecule has 0 aliphatic carbocycles. The molecular weight excluding hydrogens is 168 g/mol. The predicted molar refractivity (Wildman–Crippen MR) is 49.0 cm³/mol. The van der Waals surface area contributed by atoms with Crippen LogP contribution in [-0.2, 0) is 0 Å². The van der Waals surface area contributed by atoms with Crippen LogP contribution in [0.2, 0.25) is 0 Å². The van der Waals surface area contributed by atoms with Crippen molar-refractivity contribution in [1.82, 2.24) is 0 Å². The number of rotatable bonds is 3. The molecule has 0 amide bonds. The first-order chi connectivity index (χ1) is 6.15. The number of hydrogen-bond acceptors (Lipinski definition) is 3. The maximum Gasteiger partial charge on any atom is 0.166 e. The van der Waals surface area contributed by atoms with Crippen molar-refractivity contribution < 1.29 is 15.0 Å². The second-order valence-corrected chi connectivity index (χ2v) is 2.87. The number of hydrogen-bond donors (Lipinski definition) is 2. The molecule has 0 atom stereocenters. The molecule has 2 N–H and O–H groups in total. The third-order valence-corrected chi connectivity index (χ3v) is 1.76. The van der Waals surface area contributed by atoms with Crippen molar-refractivity contribution in [3.8, 4) is 11.5 Å². The maximum absolute atomic E-state index is 11.3. The van der Waals surface area contributed by atoms with E-state index in [-0.39, 0.29) is 22.8 Å². The van der Waals surface area contributed by atoms with E-state index in [0.29, 0.717) is 6.42 Å². The minimum absolute atomic E-state index is 0.0365. The van der Waals surface area contributed by atoms with Crippen molar-refractivity contribution in [2.45, 2.75) is 19.8 Å². The van der Waals surface area contributed by atoms with Crippen LogP contribution in [0.15, 0.2) is 18.2 Å². The molecule has 0 aliphatic heterocycles. The Morgan fingerprint density at radius 1 is 1.38 bits per heavy atom. The van der Waals surface area contributed by atoms with E-state index in [1.807, 2.05) is 6.92 Å². The fraction of sp³-hybridized carbons (Fsp3) is 0.300. The van der Waals surface area contributed by atoms with Crippen molar-refractivity contribution in [2.24, 2.45) is 0 Å². The van der Waals surface area contributed by atoms with E-state index in [0.717, 1.165) is 6.42 Å². The fourth-order valence-electron chi connectivity index (χ4n) is 1.12. The number of Topliss-reactive ketones (excluding diaryl/α,β-unsaturated/α-hetero) is 1. The lowest BCUT2D eigenvalue weighted by Gasteiger charge is -2.02. The second-order valence-electron chi connectivity index (χ2n) is 2.87. The van der Waals surface area contributed by atoms with Gasteiger partial charge in [-0.3, -0.25) is 4.79 Å². The average molecular weight is 180 g/mol. The Kier molecular flexibility index (Phi) is 2.90. The van der Waals surface area contributed by atoms with Gasteiger partial charge in [0.15, 0.2) is 5.78 Å². The second kappa shape index (κ2) is 3.94. The summed E-state index contributed by atoms with van der Waals surface area (Å²) in [4.78, 5) is 11.3. The first-order valence-corrected chi connectivity index (χ1v) is 4.20. The highest BCUT2D eigenvalue weighted by atomic mass is 16.3. The molecule has 0 aromatic heterocycles. The summed E-state index contributed by atoms with van der Waals surface area (Å²) in [5.74, 6) is -0.288. The van der Waals surface area contributed by atoms with Crippen LogP contribution in [0, 0.1) is 0 Å². The number of benzene rings is 1. The van der Waals surface area contributed by atoms with E-state index < -0.39 is 0 Å². The summed E-state index contributed by atoms with van der Waals surface area (Å²) in [6.45, 7) is 1.90. The van der Waals surface area contributed by atoms with E-state index in [1.54, 1.807) is 0 Å². The summed E-state index contributed by atoms with van der Waals surface area (Å²) in [5, 5.41) is 18.3. The molecule has 0 heterocycles. The normalized spacial score (nSPS) is 9.92. The fourth-order valence-corrected chi connectivity index (χ4v) is 1.12. The molecule has 0 saturated carbocycles. The van der Waals surface area contributed by atoms with Gasteiger partial charge >= 0.3 is 0 Å². The van der Waals surface area contributed by atoms with Gasteiger partial charge in [-0.25, -0.2) is 0 Å². The molecule has 0 radical (unpaired) electrons. The Labute approximate surface area is 76.6 Å². The molecule has 0 unspecified atom stereocenters. The highest BCUT2D eigenvalue weighted by Crippen LogP contribution is 2.23. The number of carbonyl (C=O) groups is 1. The Bertz CT molecular complexity index is 318. The number of phenols is 2. The quantitative estimate of drug-likeness (QED) is 0.700. The molecule has 0 fully saturated rings. The van der Waals surface area contributed by atoms with Crippen LogP contribution < -0.4 is 0 Å². The molecule has 0 bridgehead atoms. The first-order valence-electron chi connectivity index (χ1n) is 4.20. The number of aromatic hydroxyl groups is 2. The minimum atomic E-state index is -0.154. The van der Waals surface area contributed by atoms with Crippen molar-refractivity contribution in [1.29, 1.82) is 0 Å². The van der Waals surface area contributed by atoms with Crippen LogP contribution in [0.5, 0.6) is 11.5 Å². The number of ketones is 1. The van der Waals surface area contributed by atoms with Crippen LogP contribution >= 0.6 is 0 Å². The predicted octanol–water partition coefficient (Wildman–Crippen LogP) is 2.08. The Hall–Kier alpha value is -1.51. The molecule has 0 saturated heterocycles. The molecule has 0 aliphatic rings. The SMILES string of the molecule is CCCC(=O)c1ccc(O)cc1O. The van der Waals surface area contributed by atoms with Crippen LogP contribution in [-0.4, -0.2) is 16.0 Å². The monoisotopic (exact) mass is 180 g/mol. The highest BCUT2D eigenvalue weighted by molar-refractivity contribution is 5.98. The molecule has 1 aromatic rings. The van der Waals surface area contributed by atoms with Crippen LogP contribution in [0.4, 0.5) is 0 Å². The maximum atomic E-state index is 11.3. The van der Waals surface area contributed by atoms with Crippen LogP contribution in [0.25, 0.3) is 0 Å². The lowest BCUT2D eigenvalue weighted by molar-refractivity contribution is 0.0979. The van der Waals surface area contributed by atoms with Gasteiger partial charge in [-0.1, -0.05) is 6.92 Å². The van der Waals surface area contributed by atoms with Gasteiger partial charge in [0.2, 0.25) is 0 Å². The zero-order valence-electron chi connectivity index (χ0n) is 7.45. The summed E-state index contributed by atoms with van der Waals surface area (Å²) in [5.41, 5.74) is 0.277. The van der Waals surface area contributed by atoms with Gasteiger partial charge in [0.1, 0.15) is 11.5 Å². The molecule has 1 aromatic carbocycles. The van der Waals surface area contributed by atoms with Gasteiger partial charge in [-0.2, -0.15) is 0 Å². The molecular formula is C10H12O3. The summed E-state index contributed by atoms with van der Waals surface area (Å²) in [6.07, 6.45) is 1.16. The average Bonchev–Trinajstić information content (AvgIpc) is 2.04. The molecule has 0 spiro atoms. The van der Waals surface area contributed by atoms with Gasteiger partial charge < -0.3 is 10.2 Å². The summed E-state index contributed by atoms with van der Waals surface area (Å²) in [7, 11) is 0. The van der Waals surface area contributed by atoms with Crippen LogP contribution in [0.3, 0.4) is 0 Å². The molecule has 70 valence electrons. The Morgan fingerprint density at radius 3 is 2.62 bits per heavy atom. The third-order valence-electron chi connectivity index (χ3n) is 1.76. The lowest BCUT2D eigenvalue weighted by Crippen LogP contribution is -1.97. The number of phenolic OH excluding ortho intramolecular Hbond substituents is 2. The molecule has 3 nitrogen and oxygen atoms in total. The van der Waals surface area contributed by atoms with E-state index in [9.17, 15) is 9.90 Å². The Balaban J connectivity index is 2.95. The smallest absolute Gasteiger partial charge is 0.166 e. The standard InChI is InChI=1S/C10H12O3/c1-2-3-9(12)8-5-4-7(11)6-10(8)13/h4-6,11,13H,2-3H2,1H3. The zero-order chi connectivity index (χ0) is 9.84. The van der Waals surface area contributed by atoms with Crippen LogP contribution in [0.1, 0.15) is 30.1 Å². The van der Waals surface area contributed by atoms with E-state index >= 15 is 0 Å². The summed E-state index contributed by atoms with van der Waals surface area (Å²) in [6, 6.07) is 3.99. The van der Waals surface area contributed by atoms with Crippen molar-refractivity contribution >= 4 is 5.78 Å². The zero-order valence-corrected chi connectivity index (χ0v) is 7.45. The largest absolute Gasteiger partial charge is 0.508 e. The van der Waals surface area contributed by atoms with E-state index in [2.05, 4.69) is 0 Å². The topological polar surface area (TPSA) is 57.5 Å². The van der Waals surface area contributed by atoms with Gasteiger partial charge in [0.25, 0.3) is 0 Å². The first kappa shape index (κ1) is 9.58. The summed E-state index contributed by atoms with van der Waals surface area (Å²) < 4.78 is 0. The van der Waals surface area contributed by atoms with Gasteiger partial charge in [-0.05, 0) is 18.6 Å². The van der Waals surface area contributed by atoms with Crippen molar-refractivity contribution in [2.75, 3.05) is 0 Å².